The number of hydrazone groups is 1. The number of rotatable bonds is 6. The molecule has 20 heavy (non-hydrogen) atoms. The summed E-state index contributed by atoms with van der Waals surface area (Å²) in [6.45, 7) is 3.83. The van der Waals surface area contributed by atoms with Gasteiger partial charge in [-0.05, 0) is 47.5 Å². The summed E-state index contributed by atoms with van der Waals surface area (Å²) in [6.07, 6.45) is 0.438. The lowest BCUT2D eigenvalue weighted by atomic mass is 10.3. The van der Waals surface area contributed by atoms with Gasteiger partial charge in [-0.1, -0.05) is 23.7 Å². The van der Waals surface area contributed by atoms with Crippen LogP contribution in [0.1, 0.15) is 20.3 Å². The second kappa shape index (κ2) is 8.65. The van der Waals surface area contributed by atoms with Gasteiger partial charge in [0.1, 0.15) is 5.71 Å². The van der Waals surface area contributed by atoms with Crippen LogP contribution in [0.25, 0.3) is 0 Å². The first kappa shape index (κ1) is 16.6. The smallest absolute Gasteiger partial charge is 0.354 e. The monoisotopic (exact) mass is 360 g/mol. The Labute approximate surface area is 130 Å². The van der Waals surface area contributed by atoms with Crippen LogP contribution >= 0.6 is 27.5 Å². The van der Waals surface area contributed by atoms with Gasteiger partial charge in [0.05, 0.1) is 17.3 Å². The number of halogens is 2. The van der Waals surface area contributed by atoms with E-state index in [-0.39, 0.29) is 5.71 Å². The molecule has 1 N–H and O–H groups in total. The highest BCUT2D eigenvalue weighted by atomic mass is 79.9. The van der Waals surface area contributed by atoms with Gasteiger partial charge < -0.3 is 4.74 Å². The standard InChI is InChI=1S/C12H14BrClN4O2/c1-3-11(12(19)20-4-2)16-18-17-15-8-5-6-10(14)9(13)7-8/h5-7H,3-4H2,1-2H3,(H,15,18)/b16-11+. The van der Waals surface area contributed by atoms with E-state index in [9.17, 15) is 4.79 Å². The van der Waals surface area contributed by atoms with Crippen molar-refractivity contribution in [2.45, 2.75) is 20.3 Å². The average Bonchev–Trinajstić information content (AvgIpc) is 2.43. The maximum Gasteiger partial charge on any atom is 0.354 e. The van der Waals surface area contributed by atoms with E-state index in [4.69, 9.17) is 16.3 Å². The third-order valence-corrected chi connectivity index (χ3v) is 3.36. The minimum atomic E-state index is -0.466. The molecule has 0 amide bonds. The number of carbonyl (C=O) groups is 1. The van der Waals surface area contributed by atoms with Crippen LogP contribution in [-0.2, 0) is 9.53 Å². The van der Waals surface area contributed by atoms with E-state index >= 15 is 0 Å². The predicted molar refractivity (Wildman–Crippen MR) is 81.2 cm³/mol. The number of nitrogens with zero attached hydrogens (tertiary/aromatic N) is 3. The van der Waals surface area contributed by atoms with Gasteiger partial charge in [-0.25, -0.2) is 4.79 Å². The van der Waals surface area contributed by atoms with Crippen molar-refractivity contribution in [3.8, 4) is 0 Å². The zero-order valence-corrected chi connectivity index (χ0v) is 13.4. The van der Waals surface area contributed by atoms with Crippen molar-refractivity contribution in [1.29, 1.82) is 0 Å². The van der Waals surface area contributed by atoms with Crippen LogP contribution in [0.2, 0.25) is 5.02 Å². The molecule has 0 heterocycles. The number of nitrogens with one attached hydrogen (secondary N) is 1. The second-order valence-corrected chi connectivity index (χ2v) is 4.79. The summed E-state index contributed by atoms with van der Waals surface area (Å²) in [5.74, 6) is -0.466. The third-order valence-electron chi connectivity index (χ3n) is 2.14. The SMILES string of the molecule is CCOC(=O)/C(CC)=N/NN=Nc1ccc(Cl)c(Br)c1. The van der Waals surface area contributed by atoms with Crippen LogP contribution in [0.15, 0.2) is 38.1 Å². The molecule has 0 bridgehead atoms. The third kappa shape index (κ3) is 5.26. The van der Waals surface area contributed by atoms with E-state index in [1.54, 1.807) is 32.0 Å². The van der Waals surface area contributed by atoms with E-state index in [0.29, 0.717) is 23.7 Å². The Kier molecular flexibility index (Phi) is 7.17. The molecule has 6 nitrogen and oxygen atoms in total. The quantitative estimate of drug-likeness (QED) is 0.360. The number of hydrogen-bond donors (Lipinski definition) is 1. The summed E-state index contributed by atoms with van der Waals surface area (Å²) in [7, 11) is 0. The molecule has 0 unspecified atom stereocenters. The van der Waals surface area contributed by atoms with Gasteiger partial charge in [0.15, 0.2) is 0 Å². The maximum atomic E-state index is 11.4. The Morgan fingerprint density at radius 1 is 1.45 bits per heavy atom. The van der Waals surface area contributed by atoms with Crippen LogP contribution in [-0.4, -0.2) is 18.3 Å². The van der Waals surface area contributed by atoms with Crippen LogP contribution < -0.4 is 5.53 Å². The number of esters is 1. The van der Waals surface area contributed by atoms with Crippen molar-refractivity contribution < 1.29 is 9.53 Å². The minimum absolute atomic E-state index is 0.253. The fourth-order valence-electron chi connectivity index (χ4n) is 1.19. The molecule has 0 aliphatic carbocycles. The van der Waals surface area contributed by atoms with Gasteiger partial charge in [-0.15, -0.1) is 5.11 Å². The lowest BCUT2D eigenvalue weighted by molar-refractivity contribution is -0.135. The van der Waals surface area contributed by atoms with Crippen LogP contribution in [0.4, 0.5) is 5.69 Å². The van der Waals surface area contributed by atoms with Gasteiger partial charge in [0, 0.05) is 4.47 Å². The molecule has 0 saturated carbocycles. The Hall–Kier alpha value is -1.47. The maximum absolute atomic E-state index is 11.4. The van der Waals surface area contributed by atoms with Gasteiger partial charge in [0.2, 0.25) is 0 Å². The highest BCUT2D eigenvalue weighted by Gasteiger charge is 2.09. The average molecular weight is 362 g/mol. The number of carbonyl (C=O) groups excluding carboxylic acids is 1. The molecule has 1 aromatic rings. The first-order valence-electron chi connectivity index (χ1n) is 5.93. The fourth-order valence-corrected chi connectivity index (χ4v) is 1.68. The van der Waals surface area contributed by atoms with Crippen LogP contribution in [0.3, 0.4) is 0 Å². The van der Waals surface area contributed by atoms with Crippen molar-refractivity contribution in [2.75, 3.05) is 6.61 Å². The van der Waals surface area contributed by atoms with Gasteiger partial charge in [-0.2, -0.15) is 10.6 Å². The topological polar surface area (TPSA) is 75.4 Å². The Bertz CT molecular complexity index is 534. The normalized spacial score (nSPS) is 11.7. The summed E-state index contributed by atoms with van der Waals surface area (Å²) in [6, 6.07) is 5.11. The van der Waals surface area contributed by atoms with Gasteiger partial charge in [-0.3, -0.25) is 0 Å². The van der Waals surface area contributed by atoms with E-state index in [2.05, 4.69) is 36.9 Å². The molecule has 0 saturated heterocycles. The first-order chi connectivity index (χ1) is 9.58. The highest BCUT2D eigenvalue weighted by molar-refractivity contribution is 9.10. The number of benzene rings is 1. The van der Waals surface area contributed by atoms with Crippen molar-refractivity contribution in [3.05, 3.63) is 27.7 Å². The van der Waals surface area contributed by atoms with Crippen molar-refractivity contribution in [3.63, 3.8) is 0 Å². The lowest BCUT2D eigenvalue weighted by Gasteiger charge is -2.02. The Morgan fingerprint density at radius 2 is 2.20 bits per heavy atom. The first-order valence-corrected chi connectivity index (χ1v) is 7.10. The molecule has 1 rings (SSSR count). The summed E-state index contributed by atoms with van der Waals surface area (Å²) >= 11 is 9.14. The Morgan fingerprint density at radius 3 is 2.80 bits per heavy atom. The Balaban J connectivity index is 2.63. The number of ether oxygens (including phenoxy) is 1. The van der Waals surface area contributed by atoms with Crippen molar-refractivity contribution >= 4 is 44.9 Å². The lowest BCUT2D eigenvalue weighted by Crippen LogP contribution is -2.18. The summed E-state index contributed by atoms with van der Waals surface area (Å²) < 4.78 is 5.56. The zero-order chi connectivity index (χ0) is 15.0. The summed E-state index contributed by atoms with van der Waals surface area (Å²) in [5.41, 5.74) is 3.20. The summed E-state index contributed by atoms with van der Waals surface area (Å²) in [4.78, 5) is 11.4. The number of hydrogen-bond acceptors (Lipinski definition) is 5. The van der Waals surface area contributed by atoms with Crippen LogP contribution in [0.5, 0.6) is 0 Å². The van der Waals surface area contributed by atoms with Gasteiger partial charge >= 0.3 is 5.97 Å². The van der Waals surface area contributed by atoms with Crippen LogP contribution in [0, 0.1) is 0 Å². The predicted octanol–water partition coefficient (Wildman–Crippen LogP) is 4.02. The molecule has 0 atom stereocenters. The molecule has 8 heteroatoms. The molecule has 0 radical (unpaired) electrons. The summed E-state index contributed by atoms with van der Waals surface area (Å²) in [5, 5.41) is 11.9. The van der Waals surface area contributed by atoms with E-state index in [1.165, 1.54) is 0 Å². The van der Waals surface area contributed by atoms with Crippen molar-refractivity contribution in [1.82, 2.24) is 5.53 Å². The van der Waals surface area contributed by atoms with E-state index < -0.39 is 5.97 Å². The second-order valence-electron chi connectivity index (χ2n) is 3.53. The molecule has 1 aromatic carbocycles. The minimum Gasteiger partial charge on any atom is -0.461 e. The van der Waals surface area contributed by atoms with Crippen molar-refractivity contribution in [2.24, 2.45) is 15.4 Å². The molecule has 0 aliphatic rings. The molecule has 0 fully saturated rings. The largest absolute Gasteiger partial charge is 0.461 e. The zero-order valence-electron chi connectivity index (χ0n) is 11.1. The van der Waals surface area contributed by atoms with E-state index in [0.717, 1.165) is 4.47 Å². The molecule has 0 aromatic heterocycles. The molecule has 0 spiro atoms. The van der Waals surface area contributed by atoms with E-state index in [1.807, 2.05) is 0 Å². The highest BCUT2D eigenvalue weighted by Crippen LogP contribution is 2.26. The molecule has 0 aliphatic heterocycles. The fraction of sp³-hybridized carbons (Fsp3) is 0.333. The van der Waals surface area contributed by atoms with Gasteiger partial charge in [0.25, 0.3) is 0 Å². The molecule has 108 valence electrons. The molecular formula is C12H14BrClN4O2. The molecular weight excluding hydrogens is 348 g/mol.